The van der Waals surface area contributed by atoms with E-state index in [1.165, 1.54) is 84.5 Å². The highest BCUT2D eigenvalue weighted by atomic mass is 32.1. The van der Waals surface area contributed by atoms with Gasteiger partial charge in [0.1, 0.15) is 18.2 Å². The van der Waals surface area contributed by atoms with Crippen LogP contribution in [0.3, 0.4) is 0 Å². The third kappa shape index (κ3) is 5.26. The van der Waals surface area contributed by atoms with Crippen molar-refractivity contribution in [2.24, 2.45) is 4.99 Å². The van der Waals surface area contributed by atoms with Crippen molar-refractivity contribution < 1.29 is 0 Å². The van der Waals surface area contributed by atoms with Crippen LogP contribution >= 0.6 is 22.7 Å². The van der Waals surface area contributed by atoms with Crippen LogP contribution in [-0.4, -0.2) is 10.4 Å². The van der Waals surface area contributed by atoms with Crippen molar-refractivity contribution in [3.05, 3.63) is 199 Å². The average Bonchev–Trinajstić information content (AvgIpc) is 3.96. The molecular formula is C51H34N4S2. The number of benzene rings is 8. The first kappa shape index (κ1) is 32.7. The van der Waals surface area contributed by atoms with E-state index in [9.17, 15) is 0 Å². The molecule has 0 saturated heterocycles. The van der Waals surface area contributed by atoms with Gasteiger partial charge >= 0.3 is 0 Å². The van der Waals surface area contributed by atoms with Crippen molar-refractivity contribution >= 4 is 90.7 Å². The molecule has 11 aromatic rings. The lowest BCUT2D eigenvalue weighted by Crippen LogP contribution is -2.44. The van der Waals surface area contributed by atoms with Crippen LogP contribution in [0, 0.1) is 0 Å². The number of aliphatic imine (C=N–C) groups is 1. The second-order valence-corrected chi connectivity index (χ2v) is 16.9. The second kappa shape index (κ2) is 13.0. The van der Waals surface area contributed by atoms with E-state index in [1.54, 1.807) is 0 Å². The molecule has 0 saturated carbocycles. The van der Waals surface area contributed by atoms with Crippen LogP contribution in [0.5, 0.6) is 0 Å². The Kier molecular flexibility index (Phi) is 7.45. The number of para-hydroxylation sites is 2. The zero-order valence-corrected chi connectivity index (χ0v) is 32.3. The molecule has 1 aliphatic rings. The third-order valence-corrected chi connectivity index (χ3v) is 13.8. The Hall–Kier alpha value is -6.57. The number of aromatic nitrogens is 1. The zero-order chi connectivity index (χ0) is 37.5. The summed E-state index contributed by atoms with van der Waals surface area (Å²) < 4.78 is 7.61. The van der Waals surface area contributed by atoms with Crippen molar-refractivity contribution in [2.75, 3.05) is 0 Å². The van der Waals surface area contributed by atoms with Crippen LogP contribution in [0.1, 0.15) is 29.0 Å². The molecular weight excluding hydrogens is 733 g/mol. The normalized spacial score (nSPS) is 15.9. The Labute approximate surface area is 337 Å². The standard InChI is InChI=1S/C51H34N4S2/c1-3-13-31(14-4-1)49-52-50(32-15-5-2-6-16-32)54-51(53-49)34-25-27-38-40-29-33(26-28-44(40)56-46(38)30-34)35-19-12-24-45-47(35)39-20-11-23-43(48(39)57-45)55-41-21-9-7-17-36(41)37-18-8-10-22-42(37)55/h1-30,49,51,53H,(H,52,54). The number of nitrogens with zero attached hydrogens (tertiary/aromatic N) is 2. The quantitative estimate of drug-likeness (QED) is 0.183. The van der Waals surface area contributed by atoms with Gasteiger partial charge in [0.25, 0.3) is 0 Å². The number of fused-ring (bicyclic) bond motifs is 9. The molecule has 0 radical (unpaired) electrons. The highest BCUT2D eigenvalue weighted by molar-refractivity contribution is 7.26. The second-order valence-electron chi connectivity index (χ2n) is 14.8. The molecule has 2 N–H and O–H groups in total. The molecule has 4 nitrogen and oxygen atoms in total. The van der Waals surface area contributed by atoms with E-state index in [4.69, 9.17) is 4.99 Å². The Bertz CT molecular complexity index is 3320. The van der Waals surface area contributed by atoms with Crippen molar-refractivity contribution in [2.45, 2.75) is 12.3 Å². The topological polar surface area (TPSA) is 41.4 Å². The van der Waals surface area contributed by atoms with Crippen molar-refractivity contribution in [1.82, 2.24) is 15.2 Å². The Balaban J connectivity index is 0.964. The van der Waals surface area contributed by atoms with Gasteiger partial charge in [-0.25, -0.2) is 4.99 Å². The summed E-state index contributed by atoms with van der Waals surface area (Å²) in [4.78, 5) is 5.21. The first-order valence-electron chi connectivity index (χ1n) is 19.4. The fraction of sp³-hybridized carbons (Fsp3) is 0.0392. The third-order valence-electron chi connectivity index (χ3n) is 11.5. The largest absolute Gasteiger partial charge is 0.350 e. The molecule has 12 rings (SSSR count). The molecule has 6 heteroatoms. The first-order chi connectivity index (χ1) is 28.2. The minimum atomic E-state index is -0.200. The van der Waals surface area contributed by atoms with E-state index in [1.807, 2.05) is 28.7 Å². The van der Waals surface area contributed by atoms with Crippen molar-refractivity contribution in [3.63, 3.8) is 0 Å². The Morgan fingerprint density at radius 1 is 0.474 bits per heavy atom. The number of hydrogen-bond donors (Lipinski definition) is 2. The monoisotopic (exact) mass is 766 g/mol. The number of amidine groups is 1. The van der Waals surface area contributed by atoms with Gasteiger partial charge in [0, 0.05) is 52.0 Å². The smallest absolute Gasteiger partial charge is 0.131 e. The maximum Gasteiger partial charge on any atom is 0.131 e. The van der Waals surface area contributed by atoms with Gasteiger partial charge in [0.05, 0.1) is 21.4 Å². The number of rotatable bonds is 5. The summed E-state index contributed by atoms with van der Waals surface area (Å²) in [6, 6.07) is 66.0. The summed E-state index contributed by atoms with van der Waals surface area (Å²) in [7, 11) is 0. The zero-order valence-electron chi connectivity index (χ0n) is 30.7. The molecule has 57 heavy (non-hydrogen) atoms. The number of hydrogen-bond acceptors (Lipinski definition) is 5. The fourth-order valence-electron chi connectivity index (χ4n) is 8.85. The lowest BCUT2D eigenvalue weighted by molar-refractivity contribution is 0.409. The predicted molar refractivity (Wildman–Crippen MR) is 243 cm³/mol. The molecule has 1 aliphatic heterocycles. The number of nitrogens with one attached hydrogen (secondary N) is 2. The van der Waals surface area contributed by atoms with Gasteiger partial charge in [-0.05, 0) is 64.7 Å². The minimum Gasteiger partial charge on any atom is -0.350 e. The van der Waals surface area contributed by atoms with Crippen molar-refractivity contribution in [1.29, 1.82) is 0 Å². The van der Waals surface area contributed by atoms with Gasteiger partial charge in [-0.2, -0.15) is 0 Å². The molecule has 0 amide bonds. The highest BCUT2D eigenvalue weighted by Gasteiger charge is 2.26. The maximum atomic E-state index is 5.21. The fourth-order valence-corrected chi connectivity index (χ4v) is 11.2. The van der Waals surface area contributed by atoms with Crippen LogP contribution in [-0.2, 0) is 0 Å². The van der Waals surface area contributed by atoms with Gasteiger partial charge in [-0.1, -0.05) is 140 Å². The molecule has 4 heterocycles. The average molecular weight is 767 g/mol. The SMILES string of the molecule is c1ccc(C2=NC(c3ccc4c(c3)sc3ccc(-c5cccc6sc7c(-n8c9ccccc9c9ccccc98)cccc7c56)cc34)NC(c3ccccc3)N2)cc1. The van der Waals surface area contributed by atoms with Crippen molar-refractivity contribution in [3.8, 4) is 16.8 Å². The highest BCUT2D eigenvalue weighted by Crippen LogP contribution is 2.45. The van der Waals surface area contributed by atoms with E-state index in [2.05, 4.69) is 191 Å². The molecule has 0 fully saturated rings. The van der Waals surface area contributed by atoms with Crippen LogP contribution in [0.15, 0.2) is 187 Å². The Morgan fingerprint density at radius 2 is 1.19 bits per heavy atom. The van der Waals surface area contributed by atoms with E-state index in [-0.39, 0.29) is 12.3 Å². The Morgan fingerprint density at radius 3 is 2.00 bits per heavy atom. The van der Waals surface area contributed by atoms with Gasteiger partial charge in [-0.3, -0.25) is 5.32 Å². The van der Waals surface area contributed by atoms with Crippen LogP contribution in [0.2, 0.25) is 0 Å². The van der Waals surface area contributed by atoms with Gasteiger partial charge < -0.3 is 9.88 Å². The summed E-state index contributed by atoms with van der Waals surface area (Å²) in [5, 5.41) is 15.2. The first-order valence-corrected chi connectivity index (χ1v) is 21.0. The van der Waals surface area contributed by atoms with E-state index in [0.717, 1.165) is 17.0 Å². The molecule has 0 spiro atoms. The molecule has 0 aliphatic carbocycles. The van der Waals surface area contributed by atoms with Gasteiger partial charge in [0.15, 0.2) is 0 Å². The van der Waals surface area contributed by atoms with E-state index in [0.29, 0.717) is 0 Å². The van der Waals surface area contributed by atoms with Gasteiger partial charge in [-0.15, -0.1) is 22.7 Å². The lowest BCUT2D eigenvalue weighted by Gasteiger charge is -2.32. The molecule has 270 valence electrons. The summed E-state index contributed by atoms with van der Waals surface area (Å²) in [5.74, 6) is 0.895. The summed E-state index contributed by atoms with van der Waals surface area (Å²) in [6.45, 7) is 0. The predicted octanol–water partition coefficient (Wildman–Crippen LogP) is 13.5. The van der Waals surface area contributed by atoms with Crippen LogP contribution in [0.25, 0.3) is 79.0 Å². The molecule has 2 atom stereocenters. The molecule has 3 aromatic heterocycles. The van der Waals surface area contributed by atoms with E-state index < -0.39 is 0 Å². The molecule has 2 unspecified atom stereocenters. The maximum absolute atomic E-state index is 5.21. The minimum absolute atomic E-state index is 0.0708. The summed E-state index contributed by atoms with van der Waals surface area (Å²) in [6.07, 6.45) is -0.271. The molecule has 0 bridgehead atoms. The van der Waals surface area contributed by atoms with Crippen LogP contribution in [0.4, 0.5) is 0 Å². The van der Waals surface area contributed by atoms with Crippen LogP contribution < -0.4 is 10.6 Å². The summed E-state index contributed by atoms with van der Waals surface area (Å²) >= 11 is 3.75. The summed E-state index contributed by atoms with van der Waals surface area (Å²) in [5.41, 5.74) is 9.61. The number of thiophene rings is 2. The van der Waals surface area contributed by atoms with Gasteiger partial charge in [0.2, 0.25) is 0 Å². The van der Waals surface area contributed by atoms with E-state index >= 15 is 0 Å². The lowest BCUT2D eigenvalue weighted by atomic mass is 9.97. The molecule has 8 aromatic carbocycles.